The smallest absolute Gasteiger partial charge is 0.455 e. The van der Waals surface area contributed by atoms with E-state index in [0.717, 1.165) is 55.5 Å². The van der Waals surface area contributed by atoms with Gasteiger partial charge in [-0.15, -0.1) is 0 Å². The summed E-state index contributed by atoms with van der Waals surface area (Å²) in [6.07, 6.45) is 6.86. The van der Waals surface area contributed by atoms with Crippen molar-refractivity contribution in [1.82, 2.24) is 0 Å². The second-order valence-corrected chi connectivity index (χ2v) is 62.6. The minimum Gasteiger partial charge on any atom is -0.455 e. The van der Waals surface area contributed by atoms with Crippen molar-refractivity contribution in [2.24, 2.45) is 0 Å². The third-order valence-corrected chi connectivity index (χ3v) is 48.7. The summed E-state index contributed by atoms with van der Waals surface area (Å²) < 4.78 is 72.8. The van der Waals surface area contributed by atoms with Crippen molar-refractivity contribution in [2.45, 2.75) is 196 Å². The van der Waals surface area contributed by atoms with E-state index in [-0.39, 0.29) is 0 Å². The van der Waals surface area contributed by atoms with E-state index in [9.17, 15) is 0 Å². The zero-order chi connectivity index (χ0) is 48.2. The molecule has 0 amide bonds. The van der Waals surface area contributed by atoms with E-state index in [4.69, 9.17) is 52.2 Å². The molecule has 0 radical (unpaired) electrons. The highest BCUT2D eigenvalue weighted by Gasteiger charge is 2.43. The Kier molecular flexibility index (Phi) is 29.2. The van der Waals surface area contributed by atoms with Gasteiger partial charge < -0.3 is 52.2 Å². The first-order chi connectivity index (χ1) is 28.4. The van der Waals surface area contributed by atoms with Crippen molar-refractivity contribution in [2.75, 3.05) is 64.0 Å². The quantitative estimate of drug-likeness (QED) is 0.0547. The maximum absolute atomic E-state index is 7.17. The molecule has 0 rings (SSSR count). The zero-order valence-electron chi connectivity index (χ0n) is 44.6. The van der Waals surface area contributed by atoms with E-state index in [1.54, 1.807) is 64.0 Å². The van der Waals surface area contributed by atoms with Gasteiger partial charge in [0.1, 0.15) is 0 Å². The van der Waals surface area contributed by atoms with E-state index in [2.05, 4.69) is 85.1 Å². The van der Waals surface area contributed by atoms with Gasteiger partial charge in [-0.05, 0) is 134 Å². The van der Waals surface area contributed by atoms with Crippen LogP contribution in [0.5, 0.6) is 0 Å². The van der Waals surface area contributed by atoms with Crippen LogP contribution >= 0.6 is 0 Å². The lowest BCUT2D eigenvalue weighted by Gasteiger charge is -2.37. The summed E-state index contributed by atoms with van der Waals surface area (Å²) in [4.78, 5) is 0. The minimum absolute atomic E-state index is 0.829. The molecule has 0 aliphatic rings. The SMILES string of the molecule is CO[Si](CCC[Si](C)(C)O[Si](C)(C)CCC[Si](C)(CCC[Si](C)(C)O[Si](C)(C)CCC[Si](OC)(OC)OC)CCC[Si](C)(C)O[Si](C)(C)CCC[Si](OC)(OC)OC)(OC)OC. The van der Waals surface area contributed by atoms with Crippen molar-refractivity contribution in [1.29, 1.82) is 0 Å². The van der Waals surface area contributed by atoms with Gasteiger partial charge in [-0.2, -0.15) is 0 Å². The van der Waals surface area contributed by atoms with Crippen LogP contribution in [0.4, 0.5) is 0 Å². The van der Waals surface area contributed by atoms with Gasteiger partial charge in [0.05, 0.1) is 8.07 Å². The molecule has 12 nitrogen and oxygen atoms in total. The van der Waals surface area contributed by atoms with Gasteiger partial charge in [0.25, 0.3) is 0 Å². The Labute approximate surface area is 394 Å². The van der Waals surface area contributed by atoms with Gasteiger partial charge >= 0.3 is 26.4 Å². The summed E-state index contributed by atoms with van der Waals surface area (Å²) in [5, 5.41) is 0. The van der Waals surface area contributed by atoms with Crippen LogP contribution in [0.3, 0.4) is 0 Å². The Hall–Kier alpha value is 1.69. The Bertz CT molecular complexity index is 1040. The third kappa shape index (κ3) is 25.3. The maximum Gasteiger partial charge on any atom is 0.500 e. The van der Waals surface area contributed by atoms with Crippen LogP contribution in [0.25, 0.3) is 0 Å². The van der Waals surface area contributed by atoms with Crippen molar-refractivity contribution >= 4 is 84.4 Å². The van der Waals surface area contributed by atoms with E-state index in [0.29, 0.717) is 0 Å². The lowest BCUT2D eigenvalue weighted by atomic mass is 10.5. The topological polar surface area (TPSA) is 111 Å². The van der Waals surface area contributed by atoms with E-state index in [1.165, 1.54) is 55.5 Å². The van der Waals surface area contributed by atoms with E-state index < -0.39 is 84.4 Å². The Balaban J connectivity index is 5.79. The van der Waals surface area contributed by atoms with Crippen molar-refractivity contribution in [3.63, 3.8) is 0 Å². The third-order valence-electron chi connectivity index (χ3n) is 12.9. The molecule has 0 saturated heterocycles. The molecule has 374 valence electrons. The fraction of sp³-hybridized carbons (Fsp3) is 1.00. The van der Waals surface area contributed by atoms with Gasteiger partial charge in [0, 0.05) is 82.1 Å². The number of hydrogen-bond acceptors (Lipinski definition) is 12. The number of hydrogen-bond donors (Lipinski definition) is 0. The molecule has 0 N–H and O–H groups in total. The zero-order valence-corrected chi connectivity index (χ0v) is 54.6. The molecular formula is C40H102O12Si10. The van der Waals surface area contributed by atoms with Crippen LogP contribution in [-0.2, 0) is 52.2 Å². The molecule has 0 fully saturated rings. The lowest BCUT2D eigenvalue weighted by Crippen LogP contribution is -2.46. The predicted molar refractivity (Wildman–Crippen MR) is 285 cm³/mol. The first-order valence-electron chi connectivity index (χ1n) is 23.5. The molecule has 0 spiro atoms. The van der Waals surface area contributed by atoms with Crippen molar-refractivity contribution in [3.05, 3.63) is 0 Å². The lowest BCUT2D eigenvalue weighted by molar-refractivity contribution is 0.123. The summed E-state index contributed by atoms with van der Waals surface area (Å²) >= 11 is 0. The van der Waals surface area contributed by atoms with Crippen LogP contribution < -0.4 is 0 Å². The second kappa shape index (κ2) is 28.4. The molecular weight excluding hydrogens is 953 g/mol. The predicted octanol–water partition coefficient (Wildman–Crippen LogP) is 12.3. The van der Waals surface area contributed by atoms with Gasteiger partial charge in [-0.1, -0.05) is 43.9 Å². The minimum atomic E-state index is -2.57. The largest absolute Gasteiger partial charge is 0.500 e. The fourth-order valence-electron chi connectivity index (χ4n) is 9.61. The van der Waals surface area contributed by atoms with Crippen molar-refractivity contribution in [3.8, 4) is 0 Å². The molecule has 0 aliphatic heterocycles. The fourth-order valence-corrected chi connectivity index (χ4v) is 47.3. The van der Waals surface area contributed by atoms with Gasteiger partial charge in [0.15, 0.2) is 49.9 Å². The van der Waals surface area contributed by atoms with Gasteiger partial charge in [-0.3, -0.25) is 0 Å². The molecule has 0 aromatic heterocycles. The molecule has 0 saturated carbocycles. The molecule has 0 unspecified atom stereocenters. The molecule has 0 bridgehead atoms. The highest BCUT2D eigenvalue weighted by Crippen LogP contribution is 2.36. The molecule has 62 heavy (non-hydrogen) atoms. The summed E-state index contributed by atoms with van der Waals surface area (Å²) in [5.41, 5.74) is 0. The average Bonchev–Trinajstić information content (AvgIpc) is 3.15. The van der Waals surface area contributed by atoms with Crippen LogP contribution in [0.2, 0.25) is 158 Å². The Morgan fingerprint density at radius 3 is 0.500 bits per heavy atom. The molecule has 0 atom stereocenters. The monoisotopic (exact) mass is 1050 g/mol. The van der Waals surface area contributed by atoms with E-state index >= 15 is 0 Å². The second-order valence-electron chi connectivity index (χ2n) is 21.7. The Morgan fingerprint density at radius 2 is 0.355 bits per heavy atom. The first kappa shape index (κ1) is 63.7. The first-order valence-corrected chi connectivity index (χ1v) is 51.1. The van der Waals surface area contributed by atoms with Gasteiger partial charge in [-0.25, -0.2) is 0 Å². The summed E-state index contributed by atoms with van der Waals surface area (Å²) in [7, 11) is -5.08. The van der Waals surface area contributed by atoms with Crippen LogP contribution in [0.15, 0.2) is 0 Å². The maximum atomic E-state index is 7.17. The van der Waals surface area contributed by atoms with Gasteiger partial charge in [0.2, 0.25) is 0 Å². The summed E-state index contributed by atoms with van der Waals surface area (Å²) in [5.74, 6) is 0. The molecule has 0 heterocycles. The molecule has 0 aliphatic carbocycles. The van der Waals surface area contributed by atoms with Crippen LogP contribution in [0, 0.1) is 0 Å². The highest BCUT2D eigenvalue weighted by atomic mass is 28.4. The highest BCUT2D eigenvalue weighted by molar-refractivity contribution is 6.87. The number of rotatable bonds is 39. The van der Waals surface area contributed by atoms with Crippen LogP contribution in [-0.4, -0.2) is 148 Å². The normalized spacial score (nSPS) is 14.6. The molecule has 0 aromatic rings. The summed E-state index contributed by atoms with van der Waals surface area (Å²) in [6, 6.07) is 13.6. The summed E-state index contributed by atoms with van der Waals surface area (Å²) in [6.45, 7) is 31.8. The molecule has 22 heteroatoms. The van der Waals surface area contributed by atoms with Crippen LogP contribution in [0.1, 0.15) is 38.5 Å². The Morgan fingerprint density at radius 1 is 0.210 bits per heavy atom. The average molecular weight is 1060 g/mol. The van der Waals surface area contributed by atoms with Crippen molar-refractivity contribution < 1.29 is 52.2 Å². The standard InChI is InChI=1S/C40H102O12Si10/c1-41-60(42-2,43-3)38-26-32-56(16,17)50-53(10,11)29-23-35-59(22,36-24-30-54(12,13)51-57(18,19)33-27-39-61(44-4,45-5)46-6)37-25-31-55(14,15)52-58(20,21)34-28-40-62(47-7,48-8)49-9/h23-40H2,1-22H3. The van der Waals surface area contributed by atoms with E-state index in [1.807, 2.05) is 0 Å². The molecule has 0 aromatic carbocycles.